The monoisotopic (exact) mass is 492 g/mol. The smallest absolute Gasteiger partial charge is 0.326 e. The molecule has 4 rings (SSSR count). The van der Waals surface area contributed by atoms with Crippen LogP contribution in [0.1, 0.15) is 42.6 Å². The molecule has 1 aliphatic heterocycles. The van der Waals surface area contributed by atoms with E-state index in [-0.39, 0.29) is 30.6 Å². The van der Waals surface area contributed by atoms with Crippen LogP contribution in [0.25, 0.3) is 0 Å². The molecular formula is C25H21F5N2O3. The van der Waals surface area contributed by atoms with Crippen molar-refractivity contribution in [2.75, 3.05) is 0 Å². The van der Waals surface area contributed by atoms with Crippen molar-refractivity contribution in [3.05, 3.63) is 82.6 Å². The first-order valence-corrected chi connectivity index (χ1v) is 10.7. The Bertz CT molecular complexity index is 1230. The summed E-state index contributed by atoms with van der Waals surface area (Å²) in [5.74, 6) is -4.98. The zero-order chi connectivity index (χ0) is 25.8. The van der Waals surface area contributed by atoms with E-state index in [1.807, 2.05) is 0 Å². The number of amides is 2. The average Bonchev–Trinajstić information content (AvgIpc) is 2.98. The van der Waals surface area contributed by atoms with Gasteiger partial charge in [-0.1, -0.05) is 26.0 Å². The lowest BCUT2D eigenvalue weighted by atomic mass is 9.72. The molecule has 2 aromatic carbocycles. The second-order valence-electron chi connectivity index (χ2n) is 9.49. The minimum atomic E-state index is -5.37. The maximum absolute atomic E-state index is 14.8. The lowest BCUT2D eigenvalue weighted by Gasteiger charge is -2.35. The summed E-state index contributed by atoms with van der Waals surface area (Å²) in [6, 6.07) is 8.60. The predicted octanol–water partition coefficient (Wildman–Crippen LogP) is 4.68. The van der Waals surface area contributed by atoms with Gasteiger partial charge in [-0.2, -0.15) is 13.2 Å². The Morgan fingerprint density at radius 3 is 2.03 bits per heavy atom. The number of carbonyl (C=O) groups excluding carboxylic acids is 3. The van der Waals surface area contributed by atoms with Crippen molar-refractivity contribution < 1.29 is 36.3 Å². The van der Waals surface area contributed by atoms with E-state index in [1.54, 1.807) is 19.2 Å². The van der Waals surface area contributed by atoms with E-state index in [9.17, 15) is 36.3 Å². The van der Waals surface area contributed by atoms with Gasteiger partial charge in [0.2, 0.25) is 5.54 Å². The fraction of sp³-hybridized carbons (Fsp3) is 0.320. The normalized spacial score (nSPS) is 21.9. The largest absolute Gasteiger partial charge is 0.425 e. The Morgan fingerprint density at radius 1 is 0.943 bits per heavy atom. The topological polar surface area (TPSA) is 66.5 Å². The van der Waals surface area contributed by atoms with Gasteiger partial charge in [-0.05, 0) is 53.8 Å². The van der Waals surface area contributed by atoms with Gasteiger partial charge in [0.1, 0.15) is 11.6 Å². The highest BCUT2D eigenvalue weighted by molar-refractivity contribution is 6.14. The molecular weight excluding hydrogens is 471 g/mol. The van der Waals surface area contributed by atoms with Gasteiger partial charge in [0.25, 0.3) is 11.8 Å². The minimum absolute atomic E-state index is 0.0226. The van der Waals surface area contributed by atoms with Gasteiger partial charge in [0, 0.05) is 17.7 Å². The van der Waals surface area contributed by atoms with E-state index in [1.165, 1.54) is 12.1 Å². The van der Waals surface area contributed by atoms with Crippen molar-refractivity contribution in [1.29, 1.82) is 0 Å². The number of rotatable bonds is 4. The first-order chi connectivity index (χ1) is 16.2. The number of hydrogen-bond acceptors (Lipinski definition) is 3. The molecule has 0 aromatic heterocycles. The molecule has 1 aliphatic carbocycles. The molecule has 1 heterocycles. The minimum Gasteiger partial charge on any atom is -0.326 e. The molecule has 1 unspecified atom stereocenters. The molecule has 184 valence electrons. The zero-order valence-electron chi connectivity index (χ0n) is 18.8. The van der Waals surface area contributed by atoms with Crippen LogP contribution < -0.4 is 5.32 Å². The van der Waals surface area contributed by atoms with E-state index < -0.39 is 51.9 Å². The SMILES string of the molecule is CC1(C)CC(=O)C2=C(C1)N(Cc1ccc(F)cc1)C(=O)C2(NC(=O)c1ccc(F)cc1)C(F)(F)F. The van der Waals surface area contributed by atoms with Gasteiger partial charge in [0.15, 0.2) is 5.78 Å². The molecule has 2 aliphatic rings. The standard InChI is InChI=1S/C25H21F5N2O3/c1-23(2)11-18-20(19(33)12-23)24(25(28,29)30,31-21(34)15-5-9-17(27)10-6-15)22(35)32(18)13-14-3-7-16(26)8-4-14/h3-10H,11-13H2,1-2H3,(H,31,34). The van der Waals surface area contributed by atoms with Gasteiger partial charge >= 0.3 is 6.18 Å². The van der Waals surface area contributed by atoms with Crippen LogP contribution in [0, 0.1) is 17.0 Å². The van der Waals surface area contributed by atoms with E-state index in [0.29, 0.717) is 5.56 Å². The molecule has 1 N–H and O–H groups in total. The molecule has 0 bridgehead atoms. The molecule has 0 saturated carbocycles. The molecule has 35 heavy (non-hydrogen) atoms. The summed E-state index contributed by atoms with van der Waals surface area (Å²) in [6.45, 7) is 3.03. The second-order valence-corrected chi connectivity index (χ2v) is 9.49. The maximum atomic E-state index is 14.8. The number of nitrogens with one attached hydrogen (secondary N) is 1. The van der Waals surface area contributed by atoms with Crippen LogP contribution in [0.4, 0.5) is 22.0 Å². The van der Waals surface area contributed by atoms with Crippen molar-refractivity contribution in [1.82, 2.24) is 10.2 Å². The van der Waals surface area contributed by atoms with Crippen molar-refractivity contribution in [2.24, 2.45) is 5.41 Å². The van der Waals surface area contributed by atoms with Crippen LogP contribution in [0.5, 0.6) is 0 Å². The van der Waals surface area contributed by atoms with Crippen molar-refractivity contribution >= 4 is 17.6 Å². The summed E-state index contributed by atoms with van der Waals surface area (Å²) >= 11 is 0. The first-order valence-electron chi connectivity index (χ1n) is 10.7. The predicted molar refractivity (Wildman–Crippen MR) is 115 cm³/mol. The summed E-state index contributed by atoms with van der Waals surface area (Å²) in [4.78, 5) is 40.4. The Hall–Kier alpha value is -3.56. The second kappa shape index (κ2) is 8.28. The highest BCUT2D eigenvalue weighted by atomic mass is 19.4. The number of alkyl halides is 3. The van der Waals surface area contributed by atoms with Crippen LogP contribution in [0.15, 0.2) is 59.8 Å². The molecule has 1 atom stereocenters. The van der Waals surface area contributed by atoms with Crippen LogP contribution >= 0.6 is 0 Å². The summed E-state index contributed by atoms with van der Waals surface area (Å²) in [5, 5.41) is 1.78. The third kappa shape index (κ3) is 4.21. The van der Waals surface area contributed by atoms with Gasteiger partial charge in [-0.3, -0.25) is 14.4 Å². The molecule has 0 saturated heterocycles. The number of Topliss-reactive ketones (excluding diaryl/α,β-unsaturated/α-hetero) is 1. The Labute approximate surface area is 197 Å². The van der Waals surface area contributed by atoms with E-state index in [4.69, 9.17) is 0 Å². The van der Waals surface area contributed by atoms with Gasteiger partial charge in [0.05, 0.1) is 12.1 Å². The number of carbonyl (C=O) groups is 3. The molecule has 0 spiro atoms. The van der Waals surface area contributed by atoms with Gasteiger partial charge < -0.3 is 10.2 Å². The number of halogens is 5. The Balaban J connectivity index is 1.86. The summed E-state index contributed by atoms with van der Waals surface area (Å²) in [5.41, 5.74) is -5.26. The summed E-state index contributed by atoms with van der Waals surface area (Å²) < 4.78 is 70.9. The van der Waals surface area contributed by atoms with Crippen LogP contribution in [0.3, 0.4) is 0 Å². The third-order valence-corrected chi connectivity index (χ3v) is 6.21. The first kappa shape index (κ1) is 24.6. The fourth-order valence-electron chi connectivity index (χ4n) is 4.61. The summed E-state index contributed by atoms with van der Waals surface area (Å²) in [6.07, 6.45) is -5.64. The Kier molecular flexibility index (Phi) is 5.81. The number of ketones is 1. The molecule has 5 nitrogen and oxygen atoms in total. The molecule has 2 amide bonds. The average molecular weight is 492 g/mol. The lowest BCUT2D eigenvalue weighted by Crippen LogP contribution is -2.66. The van der Waals surface area contributed by atoms with Crippen molar-refractivity contribution in [3.63, 3.8) is 0 Å². The third-order valence-electron chi connectivity index (χ3n) is 6.21. The van der Waals surface area contributed by atoms with E-state index >= 15 is 0 Å². The number of benzene rings is 2. The molecule has 10 heteroatoms. The summed E-state index contributed by atoms with van der Waals surface area (Å²) in [7, 11) is 0. The lowest BCUT2D eigenvalue weighted by molar-refractivity contribution is -0.190. The molecule has 0 fully saturated rings. The van der Waals surface area contributed by atoms with Gasteiger partial charge in [-0.15, -0.1) is 0 Å². The highest BCUT2D eigenvalue weighted by Crippen LogP contribution is 2.52. The molecule has 2 aromatic rings. The number of allylic oxidation sites excluding steroid dienone is 1. The Morgan fingerprint density at radius 2 is 1.49 bits per heavy atom. The van der Waals surface area contributed by atoms with Gasteiger partial charge in [-0.25, -0.2) is 8.78 Å². The number of hydrogen-bond donors (Lipinski definition) is 1. The molecule has 0 radical (unpaired) electrons. The fourth-order valence-corrected chi connectivity index (χ4v) is 4.61. The maximum Gasteiger partial charge on any atom is 0.425 e. The van der Waals surface area contributed by atoms with Crippen LogP contribution in [-0.4, -0.2) is 34.2 Å². The van der Waals surface area contributed by atoms with E-state index in [0.717, 1.165) is 41.3 Å². The number of nitrogens with zero attached hydrogens (tertiary/aromatic N) is 1. The van der Waals surface area contributed by atoms with Crippen LogP contribution in [-0.2, 0) is 16.1 Å². The quantitative estimate of drug-likeness (QED) is 0.631. The highest BCUT2D eigenvalue weighted by Gasteiger charge is 2.71. The van der Waals surface area contributed by atoms with Crippen molar-refractivity contribution in [3.8, 4) is 0 Å². The van der Waals surface area contributed by atoms with E-state index in [2.05, 4.69) is 0 Å². The van der Waals surface area contributed by atoms with Crippen LogP contribution in [0.2, 0.25) is 0 Å². The van der Waals surface area contributed by atoms with Crippen molar-refractivity contribution in [2.45, 2.75) is 44.9 Å². The zero-order valence-corrected chi connectivity index (χ0v) is 18.8.